The first-order valence-corrected chi connectivity index (χ1v) is 12.7. The molecule has 0 spiro atoms. The number of allylic oxidation sites excluding steroid dienone is 3. The molecule has 0 aliphatic rings. The van der Waals surface area contributed by atoms with Gasteiger partial charge in [0.25, 0.3) is 0 Å². The molecule has 1 aromatic carbocycles. The first-order chi connectivity index (χ1) is 12.9. The summed E-state index contributed by atoms with van der Waals surface area (Å²) >= 11 is 0. The zero-order valence-corrected chi connectivity index (χ0v) is 20.2. The number of nitrogen functional groups attached to an aromatic ring is 1. The third-order valence-electron chi connectivity index (χ3n) is 5.05. The van der Waals surface area contributed by atoms with E-state index in [9.17, 15) is 4.55 Å². The highest BCUT2D eigenvalue weighted by Gasteiger charge is 2.24. The second-order valence-corrected chi connectivity index (χ2v) is 12.3. The fourth-order valence-electron chi connectivity index (χ4n) is 2.26. The molecule has 0 aliphatic heterocycles. The molecule has 0 aliphatic carbocycles. The van der Waals surface area contributed by atoms with Crippen molar-refractivity contribution in [2.45, 2.75) is 71.6 Å². The van der Waals surface area contributed by atoms with Gasteiger partial charge in [0.15, 0.2) is 0 Å². The highest BCUT2D eigenvalue weighted by molar-refractivity contribution is 8.29. The average molecular weight is 409 g/mol. The Kier molecular flexibility index (Phi) is 12.5. The minimum absolute atomic E-state index is 0.0764. The molecule has 0 bridgehead atoms. The van der Waals surface area contributed by atoms with E-state index in [1.165, 1.54) is 11.1 Å². The van der Waals surface area contributed by atoms with Crippen molar-refractivity contribution in [3.63, 3.8) is 0 Å². The minimum atomic E-state index is -1.34. The fraction of sp³-hybridized carbons (Fsp3) is 0.583. The molecule has 0 amide bonds. The third kappa shape index (κ3) is 11.6. The number of anilines is 1. The molecule has 0 saturated heterocycles. The Hall–Kier alpha value is -1.23. The summed E-state index contributed by atoms with van der Waals surface area (Å²) in [6.07, 6.45) is 13.6. The van der Waals surface area contributed by atoms with E-state index in [1.54, 1.807) is 0 Å². The lowest BCUT2D eigenvalue weighted by molar-refractivity contribution is 0.498. The van der Waals surface area contributed by atoms with Crippen molar-refractivity contribution in [1.29, 1.82) is 0 Å². The first-order valence-electron chi connectivity index (χ1n) is 10.3. The van der Waals surface area contributed by atoms with Crippen molar-refractivity contribution in [2.75, 3.05) is 24.8 Å². The summed E-state index contributed by atoms with van der Waals surface area (Å²) in [4.78, 5) is 0. The first kappa shape index (κ1) is 26.8. The van der Waals surface area contributed by atoms with Crippen LogP contribution in [0.2, 0.25) is 0 Å². The van der Waals surface area contributed by atoms with Crippen LogP contribution in [0.3, 0.4) is 0 Å². The van der Waals surface area contributed by atoms with Gasteiger partial charge in [-0.2, -0.15) is 0 Å². The summed E-state index contributed by atoms with van der Waals surface area (Å²) in [5.74, 6) is 0. The van der Waals surface area contributed by atoms with Crippen LogP contribution in [0.15, 0.2) is 48.1 Å². The molecule has 0 heterocycles. The lowest BCUT2D eigenvalue weighted by atomic mass is 10.0. The fourth-order valence-corrected chi connectivity index (χ4v) is 2.26. The second kappa shape index (κ2) is 13.1. The molecule has 0 radical (unpaired) electrons. The Labute approximate surface area is 176 Å². The minimum Gasteiger partial charge on any atom is -0.399 e. The lowest BCUT2D eigenvalue weighted by Gasteiger charge is -2.38. The Balaban J connectivity index is 0.000000769. The van der Waals surface area contributed by atoms with Gasteiger partial charge in [-0.1, -0.05) is 63.6 Å². The summed E-state index contributed by atoms with van der Waals surface area (Å²) in [7, 11) is -1.34. The van der Waals surface area contributed by atoms with Gasteiger partial charge in [0.2, 0.25) is 0 Å². The summed E-state index contributed by atoms with van der Waals surface area (Å²) in [6, 6.07) is 8.73. The number of hydrogen-bond acceptors (Lipinski definition) is 3. The number of hydrogen-bond donors (Lipinski definition) is 3. The Bertz CT molecular complexity index is 581. The molecule has 28 heavy (non-hydrogen) atoms. The van der Waals surface area contributed by atoms with Crippen molar-refractivity contribution < 1.29 is 4.55 Å². The monoisotopic (exact) mass is 408 g/mol. The van der Waals surface area contributed by atoms with E-state index in [0.29, 0.717) is 6.04 Å². The largest absolute Gasteiger partial charge is 0.399 e. The number of rotatable bonds is 8. The molecule has 0 saturated carbocycles. The highest BCUT2D eigenvalue weighted by atomic mass is 32.3. The van der Waals surface area contributed by atoms with Crippen LogP contribution in [0.5, 0.6) is 0 Å². The summed E-state index contributed by atoms with van der Waals surface area (Å²) < 4.78 is 9.51. The maximum absolute atomic E-state index is 9.44. The Morgan fingerprint density at radius 3 is 2.11 bits per heavy atom. The molecule has 1 atom stereocenters. The van der Waals surface area contributed by atoms with Gasteiger partial charge in [-0.3, -0.25) is 0 Å². The van der Waals surface area contributed by atoms with Gasteiger partial charge in [0, 0.05) is 16.5 Å². The smallest absolute Gasteiger partial charge is 0.0314 e. The van der Waals surface area contributed by atoms with Gasteiger partial charge >= 0.3 is 0 Å². The molecule has 3 nitrogen and oxygen atoms in total. The van der Waals surface area contributed by atoms with E-state index in [2.05, 4.69) is 77.2 Å². The maximum Gasteiger partial charge on any atom is 0.0314 e. The van der Waals surface area contributed by atoms with Crippen LogP contribution in [0.1, 0.15) is 59.9 Å². The van der Waals surface area contributed by atoms with Crippen LogP contribution in [0.25, 0.3) is 0 Å². The van der Waals surface area contributed by atoms with E-state index in [-0.39, 0.29) is 4.75 Å². The topological polar surface area (TPSA) is 58.3 Å². The zero-order chi connectivity index (χ0) is 21.8. The van der Waals surface area contributed by atoms with Crippen molar-refractivity contribution >= 4 is 16.0 Å². The second-order valence-electron chi connectivity index (χ2n) is 8.50. The number of nitrogens with two attached hydrogens (primary N) is 1. The van der Waals surface area contributed by atoms with E-state index in [4.69, 9.17) is 5.73 Å². The van der Waals surface area contributed by atoms with Crippen LogP contribution in [-0.4, -0.2) is 34.4 Å². The third-order valence-corrected chi connectivity index (χ3v) is 8.05. The SMILES string of the molecule is C/C=C\C(=C/C)CCNC(CC)Cc1ccc(N)cc1.CC(C)(C)S(C)(C)O. The average Bonchev–Trinajstić information content (AvgIpc) is 2.60. The van der Waals surface area contributed by atoms with Gasteiger partial charge in [-0.25, -0.2) is 0 Å². The van der Waals surface area contributed by atoms with E-state index >= 15 is 0 Å². The Morgan fingerprint density at radius 1 is 1.18 bits per heavy atom. The zero-order valence-electron chi connectivity index (χ0n) is 19.4. The molecular weight excluding hydrogens is 364 g/mol. The molecule has 1 unspecified atom stereocenters. The predicted molar refractivity (Wildman–Crippen MR) is 132 cm³/mol. The predicted octanol–water partition coefficient (Wildman–Crippen LogP) is 6.41. The van der Waals surface area contributed by atoms with Gasteiger partial charge < -0.3 is 15.6 Å². The molecule has 4 N–H and O–H groups in total. The summed E-state index contributed by atoms with van der Waals surface area (Å²) in [6.45, 7) is 13.6. The summed E-state index contributed by atoms with van der Waals surface area (Å²) in [5.41, 5.74) is 9.29. The van der Waals surface area contributed by atoms with E-state index < -0.39 is 10.3 Å². The lowest BCUT2D eigenvalue weighted by Crippen LogP contribution is -2.31. The van der Waals surface area contributed by atoms with Gasteiger partial charge in [-0.15, -0.1) is 10.3 Å². The van der Waals surface area contributed by atoms with Crippen molar-refractivity contribution in [2.24, 2.45) is 0 Å². The highest BCUT2D eigenvalue weighted by Crippen LogP contribution is 2.48. The number of benzene rings is 1. The van der Waals surface area contributed by atoms with E-state index in [1.807, 2.05) is 24.6 Å². The molecule has 162 valence electrons. The van der Waals surface area contributed by atoms with Crippen molar-refractivity contribution in [1.82, 2.24) is 5.32 Å². The Morgan fingerprint density at radius 2 is 1.71 bits per heavy atom. The van der Waals surface area contributed by atoms with Crippen LogP contribution in [-0.2, 0) is 6.42 Å². The molecule has 0 fully saturated rings. The number of nitrogens with one attached hydrogen (secondary N) is 1. The molecular formula is C24H44N2OS. The van der Waals surface area contributed by atoms with E-state index in [0.717, 1.165) is 31.5 Å². The van der Waals surface area contributed by atoms with Gasteiger partial charge in [-0.05, 0) is 69.9 Å². The van der Waals surface area contributed by atoms with Crippen molar-refractivity contribution in [3.05, 3.63) is 53.6 Å². The van der Waals surface area contributed by atoms with Gasteiger partial charge in [0.1, 0.15) is 0 Å². The van der Waals surface area contributed by atoms with Crippen LogP contribution in [0.4, 0.5) is 5.69 Å². The standard InChI is InChI=1S/C18H28N2.C6H16OS/c1-4-7-15(5-2)12-13-20-18(6-3)14-16-8-10-17(19)11-9-16;1-6(2,3)8(4,5)7/h4-5,7-11,18,20H,6,12-14,19H2,1-3H3;7H,1-5H3/b7-4-,15-5+;. The molecule has 1 rings (SSSR count). The van der Waals surface area contributed by atoms with Crippen molar-refractivity contribution in [3.8, 4) is 0 Å². The maximum atomic E-state index is 9.44. The molecule has 1 aromatic rings. The normalized spacial score (nSPS) is 14.5. The molecule has 0 aromatic heterocycles. The van der Waals surface area contributed by atoms with Gasteiger partial charge in [0.05, 0.1) is 0 Å². The van der Waals surface area contributed by atoms with Crippen LogP contribution in [0, 0.1) is 0 Å². The quantitative estimate of drug-likeness (QED) is 0.344. The van der Waals surface area contributed by atoms with Crippen LogP contribution < -0.4 is 11.1 Å². The summed E-state index contributed by atoms with van der Waals surface area (Å²) in [5, 5.41) is 3.65. The molecule has 4 heteroatoms. The van der Waals surface area contributed by atoms with Crippen LogP contribution >= 0.6 is 10.3 Å².